The predicted octanol–water partition coefficient (Wildman–Crippen LogP) is 3.49. The first-order valence-electron chi connectivity index (χ1n) is 8.43. The Labute approximate surface area is 158 Å². The Morgan fingerprint density at radius 3 is 2.74 bits per heavy atom. The number of benzene rings is 2. The molecular weight excluding hydrogens is 360 g/mol. The van der Waals surface area contributed by atoms with E-state index in [1.807, 2.05) is 60.8 Å². The Hall–Kier alpha value is -3.45. The van der Waals surface area contributed by atoms with Gasteiger partial charge in [0.05, 0.1) is 5.69 Å². The van der Waals surface area contributed by atoms with Crippen LogP contribution >= 0.6 is 11.3 Å². The number of hydrogen-bond donors (Lipinski definition) is 2. The second-order valence-electron chi connectivity index (χ2n) is 6.25. The molecule has 2 amide bonds. The lowest BCUT2D eigenvalue weighted by Crippen LogP contribution is -2.33. The van der Waals surface area contributed by atoms with Gasteiger partial charge < -0.3 is 10.6 Å². The van der Waals surface area contributed by atoms with Gasteiger partial charge in [-0.3, -0.25) is 14.0 Å². The van der Waals surface area contributed by atoms with Gasteiger partial charge in [-0.05, 0) is 6.07 Å². The SMILES string of the molecule is O=C(NC1C(=O)Nc2ccccc21)c1csc2nc(-c3ccccc3)cn12. The third kappa shape index (κ3) is 2.60. The number of nitrogens with one attached hydrogen (secondary N) is 2. The maximum atomic E-state index is 12.8. The zero-order valence-corrected chi connectivity index (χ0v) is 14.9. The summed E-state index contributed by atoms with van der Waals surface area (Å²) < 4.78 is 1.76. The number of thiazole rings is 1. The van der Waals surface area contributed by atoms with Crippen molar-refractivity contribution in [2.24, 2.45) is 0 Å². The van der Waals surface area contributed by atoms with E-state index in [-0.39, 0.29) is 11.8 Å². The van der Waals surface area contributed by atoms with Crippen LogP contribution < -0.4 is 10.6 Å². The van der Waals surface area contributed by atoms with Crippen LogP contribution in [-0.4, -0.2) is 21.2 Å². The van der Waals surface area contributed by atoms with Gasteiger partial charge in [0.2, 0.25) is 0 Å². The van der Waals surface area contributed by atoms with Crippen LogP contribution in [0.5, 0.6) is 0 Å². The Balaban J connectivity index is 1.46. The van der Waals surface area contributed by atoms with E-state index in [1.54, 1.807) is 9.78 Å². The molecule has 0 fully saturated rings. The molecule has 0 aliphatic carbocycles. The molecule has 4 aromatic rings. The second-order valence-corrected chi connectivity index (χ2v) is 7.09. The number of fused-ring (bicyclic) bond motifs is 2. The number of nitrogens with zero attached hydrogens (tertiary/aromatic N) is 2. The Morgan fingerprint density at radius 2 is 1.89 bits per heavy atom. The quantitative estimate of drug-likeness (QED) is 0.576. The molecule has 1 unspecified atom stereocenters. The van der Waals surface area contributed by atoms with Gasteiger partial charge in [-0.15, -0.1) is 11.3 Å². The molecule has 2 N–H and O–H groups in total. The standard InChI is InChI=1S/C20H14N4O2S/c25-18(23-17-13-8-4-5-9-14(13)21-19(17)26)16-11-27-20-22-15(10-24(16)20)12-6-2-1-3-7-12/h1-11,17H,(H,21,26)(H,23,25). The molecule has 0 saturated heterocycles. The average Bonchev–Trinajstić information content (AvgIpc) is 3.35. The molecule has 1 aliphatic heterocycles. The Bertz CT molecular complexity index is 1180. The van der Waals surface area contributed by atoms with E-state index in [0.717, 1.165) is 27.5 Å². The Kier molecular flexibility index (Phi) is 3.54. The lowest BCUT2D eigenvalue weighted by molar-refractivity contribution is -0.117. The van der Waals surface area contributed by atoms with Crippen molar-refractivity contribution in [3.8, 4) is 11.3 Å². The highest BCUT2D eigenvalue weighted by atomic mass is 32.1. The summed E-state index contributed by atoms with van der Waals surface area (Å²) in [5.41, 5.74) is 3.77. The van der Waals surface area contributed by atoms with E-state index < -0.39 is 6.04 Å². The van der Waals surface area contributed by atoms with Crippen molar-refractivity contribution in [2.75, 3.05) is 5.32 Å². The highest BCUT2D eigenvalue weighted by Gasteiger charge is 2.32. The summed E-state index contributed by atoms with van der Waals surface area (Å²) in [4.78, 5) is 30.4. The average molecular weight is 374 g/mol. The molecule has 0 saturated carbocycles. The van der Waals surface area contributed by atoms with Crippen molar-refractivity contribution < 1.29 is 9.59 Å². The maximum absolute atomic E-state index is 12.8. The summed E-state index contributed by atoms with van der Waals surface area (Å²) in [6.45, 7) is 0. The lowest BCUT2D eigenvalue weighted by Gasteiger charge is -2.11. The molecule has 0 radical (unpaired) electrons. The fraction of sp³-hybridized carbons (Fsp3) is 0.0500. The largest absolute Gasteiger partial charge is 0.335 e. The summed E-state index contributed by atoms with van der Waals surface area (Å²) in [5.74, 6) is -0.540. The van der Waals surface area contributed by atoms with Gasteiger partial charge in [0, 0.05) is 28.4 Å². The van der Waals surface area contributed by atoms with Crippen molar-refractivity contribution in [2.45, 2.75) is 6.04 Å². The smallest absolute Gasteiger partial charge is 0.270 e. The number of hydrogen-bond acceptors (Lipinski definition) is 4. The van der Waals surface area contributed by atoms with Gasteiger partial charge in [-0.2, -0.15) is 0 Å². The summed E-state index contributed by atoms with van der Waals surface area (Å²) in [6, 6.07) is 16.5. The van der Waals surface area contributed by atoms with Crippen molar-refractivity contribution in [3.63, 3.8) is 0 Å². The van der Waals surface area contributed by atoms with Crippen LogP contribution in [0.25, 0.3) is 16.2 Å². The number of amides is 2. The zero-order chi connectivity index (χ0) is 18.4. The third-order valence-corrected chi connectivity index (χ3v) is 5.42. The highest BCUT2D eigenvalue weighted by Crippen LogP contribution is 2.31. The molecule has 132 valence electrons. The molecule has 6 nitrogen and oxygen atoms in total. The molecule has 2 aromatic carbocycles. The lowest BCUT2D eigenvalue weighted by atomic mass is 10.1. The number of rotatable bonds is 3. The monoisotopic (exact) mass is 374 g/mol. The van der Waals surface area contributed by atoms with E-state index in [2.05, 4.69) is 15.6 Å². The van der Waals surface area contributed by atoms with Crippen molar-refractivity contribution in [1.29, 1.82) is 0 Å². The maximum Gasteiger partial charge on any atom is 0.270 e. The molecule has 2 aromatic heterocycles. The minimum Gasteiger partial charge on any atom is -0.335 e. The molecule has 1 atom stereocenters. The summed E-state index contributed by atoms with van der Waals surface area (Å²) >= 11 is 1.39. The molecule has 1 aliphatic rings. The van der Waals surface area contributed by atoms with Crippen LogP contribution in [0, 0.1) is 0 Å². The van der Waals surface area contributed by atoms with Crippen LogP contribution in [0.1, 0.15) is 22.1 Å². The first-order chi connectivity index (χ1) is 13.2. The molecule has 0 spiro atoms. The van der Waals surface area contributed by atoms with E-state index in [9.17, 15) is 9.59 Å². The van der Waals surface area contributed by atoms with Gasteiger partial charge in [-0.1, -0.05) is 48.5 Å². The number of imidazole rings is 1. The van der Waals surface area contributed by atoms with E-state index >= 15 is 0 Å². The van der Waals surface area contributed by atoms with Gasteiger partial charge in [0.1, 0.15) is 11.7 Å². The van der Waals surface area contributed by atoms with Crippen molar-refractivity contribution in [1.82, 2.24) is 14.7 Å². The number of carbonyl (C=O) groups is 2. The number of aromatic nitrogens is 2. The van der Waals surface area contributed by atoms with Crippen molar-refractivity contribution in [3.05, 3.63) is 77.4 Å². The first kappa shape index (κ1) is 15.8. The summed E-state index contributed by atoms with van der Waals surface area (Å²) in [7, 11) is 0. The third-order valence-electron chi connectivity index (χ3n) is 4.58. The molecule has 27 heavy (non-hydrogen) atoms. The van der Waals surface area contributed by atoms with E-state index in [4.69, 9.17) is 0 Å². The summed E-state index contributed by atoms with van der Waals surface area (Å²) in [5, 5.41) is 7.38. The molecule has 0 bridgehead atoms. The number of carbonyl (C=O) groups excluding carboxylic acids is 2. The predicted molar refractivity (Wildman–Crippen MR) is 104 cm³/mol. The fourth-order valence-corrected chi connectivity index (χ4v) is 4.11. The number of anilines is 1. The zero-order valence-electron chi connectivity index (χ0n) is 14.0. The van der Waals surface area contributed by atoms with Crippen LogP contribution in [0.15, 0.2) is 66.2 Å². The molecule has 3 heterocycles. The molecule has 5 rings (SSSR count). The van der Waals surface area contributed by atoms with Gasteiger partial charge in [0.25, 0.3) is 11.8 Å². The Morgan fingerprint density at radius 1 is 1.11 bits per heavy atom. The van der Waals surface area contributed by atoms with Crippen molar-refractivity contribution >= 4 is 33.8 Å². The first-order valence-corrected chi connectivity index (χ1v) is 9.31. The minimum absolute atomic E-state index is 0.230. The number of para-hydroxylation sites is 1. The normalized spacial score (nSPS) is 15.6. The highest BCUT2D eigenvalue weighted by molar-refractivity contribution is 7.15. The van der Waals surface area contributed by atoms with E-state index in [0.29, 0.717) is 5.69 Å². The molecule has 7 heteroatoms. The topological polar surface area (TPSA) is 75.5 Å². The second kappa shape index (κ2) is 6.07. The van der Waals surface area contributed by atoms with Crippen LogP contribution in [0.2, 0.25) is 0 Å². The van der Waals surface area contributed by atoms with Gasteiger partial charge >= 0.3 is 0 Å². The fourth-order valence-electron chi connectivity index (χ4n) is 3.25. The molecular formula is C20H14N4O2S. The van der Waals surface area contributed by atoms with Crippen LogP contribution in [-0.2, 0) is 4.79 Å². The minimum atomic E-state index is -0.694. The van der Waals surface area contributed by atoms with Gasteiger partial charge in [-0.25, -0.2) is 4.98 Å². The van der Waals surface area contributed by atoms with Crippen LogP contribution in [0.4, 0.5) is 5.69 Å². The summed E-state index contributed by atoms with van der Waals surface area (Å²) in [6.07, 6.45) is 1.85. The van der Waals surface area contributed by atoms with Gasteiger partial charge in [0.15, 0.2) is 4.96 Å². The van der Waals surface area contributed by atoms with Crippen LogP contribution in [0.3, 0.4) is 0 Å². The van der Waals surface area contributed by atoms with E-state index in [1.165, 1.54) is 11.3 Å².